The van der Waals surface area contributed by atoms with Crippen LogP contribution in [0.1, 0.15) is 33.3 Å². The van der Waals surface area contributed by atoms with Gasteiger partial charge in [0.25, 0.3) is 11.8 Å². The Hall–Kier alpha value is -4.40. The number of nitrogens with one attached hydrogen (secondary N) is 1. The molecule has 1 unspecified atom stereocenters. The number of hydrogen-bond acceptors (Lipinski definition) is 6. The number of rotatable bonds is 4. The molecule has 0 fully saturated rings. The van der Waals surface area contributed by atoms with E-state index >= 15 is 0 Å². The Kier molecular flexibility index (Phi) is 4.51. The first kappa shape index (κ1) is 19.6. The number of pyridine rings is 1. The number of hydrogen-bond donors (Lipinski definition) is 1. The molecule has 3 amide bonds. The number of amides is 3. The summed E-state index contributed by atoms with van der Waals surface area (Å²) in [5.74, 6) is -1.48. The monoisotopic (exact) mass is 426 g/mol. The molecule has 0 bridgehead atoms. The van der Waals surface area contributed by atoms with Crippen molar-refractivity contribution in [3.8, 4) is 11.4 Å². The highest BCUT2D eigenvalue weighted by atomic mass is 16.2. The highest BCUT2D eigenvalue weighted by molar-refractivity contribution is 6.23. The number of fused-ring (bicyclic) bond motifs is 2. The van der Waals surface area contributed by atoms with Crippen LogP contribution in [0.5, 0.6) is 0 Å². The molecule has 158 valence electrons. The van der Waals surface area contributed by atoms with Crippen molar-refractivity contribution in [1.82, 2.24) is 24.3 Å². The maximum absolute atomic E-state index is 12.9. The Bertz CT molecular complexity index is 1370. The molecule has 0 spiro atoms. The Morgan fingerprint density at radius 2 is 1.66 bits per heavy atom. The van der Waals surface area contributed by atoms with E-state index in [-0.39, 0.29) is 5.95 Å². The predicted molar refractivity (Wildman–Crippen MR) is 116 cm³/mol. The lowest BCUT2D eigenvalue weighted by atomic mass is 10.1. The fourth-order valence-corrected chi connectivity index (χ4v) is 3.86. The number of imide groups is 1. The zero-order valence-corrected chi connectivity index (χ0v) is 17.3. The third-order valence-electron chi connectivity index (χ3n) is 5.43. The van der Waals surface area contributed by atoms with Gasteiger partial charge in [0.05, 0.1) is 28.2 Å². The summed E-state index contributed by atoms with van der Waals surface area (Å²) in [4.78, 5) is 52.3. The summed E-state index contributed by atoms with van der Waals surface area (Å²) in [6.07, 6.45) is 3.42. The zero-order valence-electron chi connectivity index (χ0n) is 17.3. The van der Waals surface area contributed by atoms with Gasteiger partial charge >= 0.3 is 0 Å². The molecular formula is C23H18N6O3. The molecule has 9 nitrogen and oxygen atoms in total. The Morgan fingerprint density at radius 1 is 0.969 bits per heavy atom. The van der Waals surface area contributed by atoms with Crippen LogP contribution in [0.15, 0.2) is 60.9 Å². The van der Waals surface area contributed by atoms with Gasteiger partial charge in [-0.2, -0.15) is 0 Å². The van der Waals surface area contributed by atoms with E-state index in [4.69, 9.17) is 0 Å². The second-order valence-electron chi connectivity index (χ2n) is 7.43. The van der Waals surface area contributed by atoms with Crippen LogP contribution in [0.3, 0.4) is 0 Å². The summed E-state index contributed by atoms with van der Waals surface area (Å²) in [6, 6.07) is 12.9. The largest absolute Gasteiger partial charge is 0.298 e. The minimum Gasteiger partial charge on any atom is -0.298 e. The van der Waals surface area contributed by atoms with E-state index in [1.807, 2.05) is 35.7 Å². The standard InChI is InChI=1S/C23H18N6O3/c1-13-19(28-12-6-5-9-18(28)25-13)17-10-11-24-23(26-17)27-20(30)14(2)29-21(31)15-7-3-4-8-16(15)22(29)32/h3-12,14H,1-2H3,(H,24,26,27,30). The number of nitrogens with zero attached hydrogens (tertiary/aromatic N) is 5. The summed E-state index contributed by atoms with van der Waals surface area (Å²) in [5.41, 5.74) is 3.51. The van der Waals surface area contributed by atoms with Crippen LogP contribution < -0.4 is 5.32 Å². The fraction of sp³-hybridized carbons (Fsp3) is 0.130. The van der Waals surface area contributed by atoms with Crippen LogP contribution in [-0.2, 0) is 4.79 Å². The van der Waals surface area contributed by atoms with Crippen LogP contribution >= 0.6 is 0 Å². The Balaban J connectivity index is 1.41. The summed E-state index contributed by atoms with van der Waals surface area (Å²) in [6.45, 7) is 3.38. The quantitative estimate of drug-likeness (QED) is 0.503. The topological polar surface area (TPSA) is 110 Å². The number of imidazole rings is 1. The molecule has 1 aliphatic heterocycles. The summed E-state index contributed by atoms with van der Waals surface area (Å²) < 4.78 is 1.91. The first-order chi connectivity index (χ1) is 15.5. The molecule has 0 radical (unpaired) electrons. The molecule has 5 rings (SSSR count). The molecule has 1 N–H and O–H groups in total. The van der Waals surface area contributed by atoms with Gasteiger partial charge in [0.15, 0.2) is 0 Å². The molecule has 0 aliphatic carbocycles. The van der Waals surface area contributed by atoms with Gasteiger partial charge in [0.1, 0.15) is 11.7 Å². The van der Waals surface area contributed by atoms with Crippen LogP contribution in [-0.4, -0.2) is 48.0 Å². The van der Waals surface area contributed by atoms with Crippen molar-refractivity contribution in [1.29, 1.82) is 0 Å². The van der Waals surface area contributed by atoms with E-state index < -0.39 is 23.8 Å². The highest BCUT2D eigenvalue weighted by Gasteiger charge is 2.40. The lowest BCUT2D eigenvalue weighted by Crippen LogP contribution is -2.45. The molecule has 3 aromatic heterocycles. The minimum atomic E-state index is -1.04. The van der Waals surface area contributed by atoms with Gasteiger partial charge in [-0.3, -0.25) is 29.0 Å². The van der Waals surface area contributed by atoms with Gasteiger partial charge in [0, 0.05) is 12.4 Å². The zero-order chi connectivity index (χ0) is 22.4. The van der Waals surface area contributed by atoms with E-state index in [9.17, 15) is 14.4 Å². The average molecular weight is 426 g/mol. The van der Waals surface area contributed by atoms with Crippen molar-refractivity contribution >= 4 is 29.3 Å². The Morgan fingerprint density at radius 3 is 2.38 bits per heavy atom. The first-order valence-corrected chi connectivity index (χ1v) is 10.0. The summed E-state index contributed by atoms with van der Waals surface area (Å²) in [7, 11) is 0. The molecule has 4 aromatic rings. The van der Waals surface area contributed by atoms with Gasteiger partial charge in [-0.1, -0.05) is 18.2 Å². The van der Waals surface area contributed by atoms with Crippen molar-refractivity contribution < 1.29 is 14.4 Å². The molecular weight excluding hydrogens is 408 g/mol. The molecule has 9 heteroatoms. The number of carbonyl (C=O) groups is 3. The van der Waals surface area contributed by atoms with E-state index in [0.29, 0.717) is 16.8 Å². The van der Waals surface area contributed by atoms with E-state index in [1.165, 1.54) is 13.1 Å². The third kappa shape index (κ3) is 3.02. The summed E-state index contributed by atoms with van der Waals surface area (Å²) in [5, 5.41) is 2.62. The number of benzene rings is 1. The lowest BCUT2D eigenvalue weighted by Gasteiger charge is -2.21. The SMILES string of the molecule is Cc1nc2ccccn2c1-c1ccnc(NC(=O)C(C)N2C(=O)c3ccccc3C2=O)n1. The number of aromatic nitrogens is 4. The molecule has 1 atom stereocenters. The van der Waals surface area contributed by atoms with E-state index in [1.54, 1.807) is 30.3 Å². The number of carbonyl (C=O) groups excluding carboxylic acids is 3. The number of aryl methyl sites for hydroxylation is 1. The molecule has 4 heterocycles. The second kappa shape index (κ2) is 7.38. The lowest BCUT2D eigenvalue weighted by molar-refractivity contribution is -0.119. The minimum absolute atomic E-state index is 0.0706. The van der Waals surface area contributed by atoms with Crippen molar-refractivity contribution in [2.24, 2.45) is 0 Å². The predicted octanol–water partition coefficient (Wildman–Crippen LogP) is 2.72. The van der Waals surface area contributed by atoms with Gasteiger partial charge < -0.3 is 0 Å². The second-order valence-corrected chi connectivity index (χ2v) is 7.43. The van der Waals surface area contributed by atoms with E-state index in [2.05, 4.69) is 20.3 Å². The highest BCUT2D eigenvalue weighted by Crippen LogP contribution is 2.26. The number of anilines is 1. The van der Waals surface area contributed by atoms with Gasteiger partial charge in [-0.25, -0.2) is 15.0 Å². The average Bonchev–Trinajstić information content (AvgIpc) is 3.26. The van der Waals surface area contributed by atoms with Crippen LogP contribution in [0.25, 0.3) is 17.0 Å². The maximum Gasteiger partial charge on any atom is 0.262 e. The van der Waals surface area contributed by atoms with Crippen LogP contribution in [0.4, 0.5) is 5.95 Å². The van der Waals surface area contributed by atoms with Crippen molar-refractivity contribution in [2.75, 3.05) is 5.32 Å². The van der Waals surface area contributed by atoms with Gasteiger partial charge in [-0.15, -0.1) is 0 Å². The van der Waals surface area contributed by atoms with Gasteiger partial charge in [-0.05, 0) is 44.2 Å². The first-order valence-electron chi connectivity index (χ1n) is 10.0. The normalized spacial score (nSPS) is 14.0. The molecule has 0 saturated carbocycles. The molecule has 1 aliphatic rings. The van der Waals surface area contributed by atoms with Gasteiger partial charge in [0.2, 0.25) is 11.9 Å². The van der Waals surface area contributed by atoms with E-state index in [0.717, 1.165) is 21.9 Å². The Labute approximate surface area is 182 Å². The van der Waals surface area contributed by atoms with Crippen molar-refractivity contribution in [3.63, 3.8) is 0 Å². The smallest absolute Gasteiger partial charge is 0.262 e. The molecule has 32 heavy (non-hydrogen) atoms. The van der Waals surface area contributed by atoms with Crippen LogP contribution in [0, 0.1) is 6.92 Å². The molecule has 0 saturated heterocycles. The van der Waals surface area contributed by atoms with Crippen molar-refractivity contribution in [2.45, 2.75) is 19.9 Å². The third-order valence-corrected chi connectivity index (χ3v) is 5.43. The maximum atomic E-state index is 12.9. The van der Waals surface area contributed by atoms with Crippen LogP contribution in [0.2, 0.25) is 0 Å². The fourth-order valence-electron chi connectivity index (χ4n) is 3.86. The summed E-state index contributed by atoms with van der Waals surface area (Å²) >= 11 is 0. The molecule has 1 aromatic carbocycles. The van der Waals surface area contributed by atoms with Crippen molar-refractivity contribution in [3.05, 3.63) is 77.7 Å².